The topological polar surface area (TPSA) is 83.9 Å². The van der Waals surface area contributed by atoms with Crippen LogP contribution < -0.4 is 5.32 Å². The van der Waals surface area contributed by atoms with Crippen molar-refractivity contribution in [2.45, 2.75) is 32.4 Å². The Kier molecular flexibility index (Phi) is 6.88. The summed E-state index contributed by atoms with van der Waals surface area (Å²) >= 11 is 1.38. The predicted molar refractivity (Wildman–Crippen MR) is 124 cm³/mol. The number of rotatable bonds is 7. The van der Waals surface area contributed by atoms with Crippen LogP contribution in [-0.2, 0) is 20.9 Å². The van der Waals surface area contributed by atoms with Crippen molar-refractivity contribution in [2.75, 3.05) is 7.11 Å². The first-order valence-electron chi connectivity index (χ1n) is 10.5. The summed E-state index contributed by atoms with van der Waals surface area (Å²) in [5.41, 5.74) is 2.93. The summed E-state index contributed by atoms with van der Waals surface area (Å²) in [7, 11) is 1.31. The van der Waals surface area contributed by atoms with Gasteiger partial charge in [0.15, 0.2) is 5.17 Å². The second-order valence-electron chi connectivity index (χ2n) is 7.43. The lowest BCUT2D eigenvalue weighted by Crippen LogP contribution is -2.38. The molecule has 2 aromatic rings. The Morgan fingerprint density at radius 2 is 2.09 bits per heavy atom. The largest absolute Gasteiger partial charge is 0.466 e. The number of carbonyl (C=O) groups excluding carboxylic acids is 2. The fraction of sp³-hybridized carbons (Fsp3) is 0.250. The first-order valence-corrected chi connectivity index (χ1v) is 11.4. The number of nitrogens with zero attached hydrogens (tertiary/aromatic N) is 3. The number of aliphatic imine (C=N–C) groups is 1. The molecule has 0 saturated carbocycles. The molecule has 0 bridgehead atoms. The molecule has 0 radical (unpaired) electrons. The molecule has 0 fully saturated rings. The summed E-state index contributed by atoms with van der Waals surface area (Å²) in [5.74, 6) is -1.14. The van der Waals surface area contributed by atoms with Gasteiger partial charge < -0.3 is 15.0 Å². The summed E-state index contributed by atoms with van der Waals surface area (Å²) in [6.07, 6.45) is 2.25. The van der Waals surface area contributed by atoms with Crippen molar-refractivity contribution in [1.29, 1.82) is 0 Å². The van der Waals surface area contributed by atoms with E-state index in [9.17, 15) is 14.0 Å². The van der Waals surface area contributed by atoms with E-state index in [0.717, 1.165) is 5.69 Å². The van der Waals surface area contributed by atoms with Gasteiger partial charge >= 0.3 is 5.97 Å². The van der Waals surface area contributed by atoms with Gasteiger partial charge in [-0.3, -0.25) is 9.78 Å². The smallest absolute Gasteiger partial charge is 0.338 e. The van der Waals surface area contributed by atoms with Gasteiger partial charge in [-0.2, -0.15) is 0 Å². The third kappa shape index (κ3) is 4.83. The van der Waals surface area contributed by atoms with Crippen molar-refractivity contribution >= 4 is 28.8 Å². The normalized spacial score (nSPS) is 17.3. The van der Waals surface area contributed by atoms with Gasteiger partial charge in [0.05, 0.1) is 43.1 Å². The third-order valence-electron chi connectivity index (χ3n) is 5.33. The summed E-state index contributed by atoms with van der Waals surface area (Å²) in [6.45, 7) is 2.21. The molecule has 2 aliphatic heterocycles. The van der Waals surface area contributed by atoms with Crippen molar-refractivity contribution in [2.24, 2.45) is 4.99 Å². The number of nitrogens with one attached hydrogen (secondary N) is 1. The second-order valence-corrected chi connectivity index (χ2v) is 8.27. The fourth-order valence-electron chi connectivity index (χ4n) is 3.82. The molecule has 1 amide bonds. The SMILES string of the molecule is CCC1=C(C(=O)OC)C(c2cccc(F)c2)N2C(CC(=O)NCc3ccccn3)=CSC2=N1. The second kappa shape index (κ2) is 9.99. The van der Waals surface area contributed by atoms with Gasteiger partial charge in [0.25, 0.3) is 0 Å². The Morgan fingerprint density at radius 3 is 2.79 bits per heavy atom. The van der Waals surface area contributed by atoms with E-state index in [4.69, 9.17) is 4.74 Å². The summed E-state index contributed by atoms with van der Waals surface area (Å²) < 4.78 is 19.2. The van der Waals surface area contributed by atoms with Crippen molar-refractivity contribution in [3.8, 4) is 0 Å². The number of carbonyl (C=O) groups is 2. The van der Waals surface area contributed by atoms with Crippen LogP contribution in [0.25, 0.3) is 0 Å². The Hall–Kier alpha value is -3.46. The van der Waals surface area contributed by atoms with E-state index in [2.05, 4.69) is 15.3 Å². The Balaban J connectivity index is 1.64. The van der Waals surface area contributed by atoms with Crippen molar-refractivity contribution in [1.82, 2.24) is 15.2 Å². The third-order valence-corrected chi connectivity index (χ3v) is 6.22. The predicted octanol–water partition coefficient (Wildman–Crippen LogP) is 4.07. The van der Waals surface area contributed by atoms with Crippen molar-refractivity contribution in [3.05, 3.63) is 88.1 Å². The van der Waals surface area contributed by atoms with Crippen LogP contribution in [0.15, 0.2) is 76.0 Å². The molecule has 0 spiro atoms. The first-order chi connectivity index (χ1) is 16.0. The number of amidine groups is 1. The zero-order valence-corrected chi connectivity index (χ0v) is 19.1. The number of thioether (sulfide) groups is 1. The van der Waals surface area contributed by atoms with Crippen LogP contribution in [0.2, 0.25) is 0 Å². The van der Waals surface area contributed by atoms with Crippen molar-refractivity contribution in [3.63, 3.8) is 0 Å². The molecule has 3 heterocycles. The number of fused-ring (bicyclic) bond motifs is 1. The molecule has 9 heteroatoms. The Morgan fingerprint density at radius 1 is 1.24 bits per heavy atom. The lowest BCUT2D eigenvalue weighted by Gasteiger charge is -2.36. The molecule has 7 nitrogen and oxygen atoms in total. The average molecular weight is 467 g/mol. The minimum Gasteiger partial charge on any atom is -0.466 e. The zero-order valence-electron chi connectivity index (χ0n) is 18.2. The fourth-order valence-corrected chi connectivity index (χ4v) is 4.76. The molecule has 2 aliphatic rings. The zero-order chi connectivity index (χ0) is 23.4. The van der Waals surface area contributed by atoms with Crippen LogP contribution in [0, 0.1) is 5.82 Å². The van der Waals surface area contributed by atoms with Gasteiger partial charge in [0.1, 0.15) is 5.82 Å². The summed E-state index contributed by atoms with van der Waals surface area (Å²) in [6, 6.07) is 11.0. The van der Waals surface area contributed by atoms with Crippen LogP contribution >= 0.6 is 11.8 Å². The van der Waals surface area contributed by atoms with E-state index in [-0.39, 0.29) is 12.3 Å². The number of halogens is 1. The van der Waals surface area contributed by atoms with E-state index in [0.29, 0.717) is 40.7 Å². The molecule has 0 aliphatic carbocycles. The summed E-state index contributed by atoms with van der Waals surface area (Å²) in [5, 5.41) is 5.35. The molecule has 0 saturated heterocycles. The maximum atomic E-state index is 14.2. The molecule has 33 heavy (non-hydrogen) atoms. The highest BCUT2D eigenvalue weighted by Gasteiger charge is 2.41. The van der Waals surface area contributed by atoms with E-state index in [1.54, 1.807) is 18.3 Å². The molecule has 170 valence electrons. The lowest BCUT2D eigenvalue weighted by molar-refractivity contribution is -0.136. The highest BCUT2D eigenvalue weighted by atomic mass is 32.2. The van der Waals surface area contributed by atoms with Crippen LogP contribution in [0.4, 0.5) is 4.39 Å². The molecular formula is C24H23FN4O3S. The number of ether oxygens (including phenoxy) is 1. The number of methoxy groups -OCH3 is 1. The Labute approximate surface area is 195 Å². The van der Waals surface area contributed by atoms with Crippen LogP contribution in [-0.4, -0.2) is 34.0 Å². The quantitative estimate of drug-likeness (QED) is 0.620. The maximum absolute atomic E-state index is 14.2. The Bertz CT molecular complexity index is 1160. The number of aromatic nitrogens is 1. The minimum atomic E-state index is -0.652. The van der Waals surface area contributed by atoms with Gasteiger partial charge in [-0.25, -0.2) is 14.2 Å². The van der Waals surface area contributed by atoms with Gasteiger partial charge in [-0.05, 0) is 41.7 Å². The highest BCUT2D eigenvalue weighted by Crippen LogP contribution is 2.45. The van der Waals surface area contributed by atoms with E-state index in [1.165, 1.54) is 31.0 Å². The lowest BCUT2D eigenvalue weighted by atomic mass is 9.93. The number of esters is 1. The molecule has 1 unspecified atom stereocenters. The standard InChI is InChI=1S/C24H23FN4O3S/c1-3-19-21(23(31)32-2)22(15-7-6-8-16(25)11-15)29-18(14-33-24(29)28-19)12-20(30)27-13-17-9-4-5-10-26-17/h4-11,14,22H,3,12-13H2,1-2H3,(H,27,30). The average Bonchev–Trinajstić information content (AvgIpc) is 3.23. The molecule has 1 atom stereocenters. The molecule has 4 rings (SSSR count). The first kappa shape index (κ1) is 22.7. The monoisotopic (exact) mass is 466 g/mol. The van der Waals surface area contributed by atoms with Crippen LogP contribution in [0.5, 0.6) is 0 Å². The number of hydrogen-bond donors (Lipinski definition) is 1. The maximum Gasteiger partial charge on any atom is 0.338 e. The van der Waals surface area contributed by atoms with Gasteiger partial charge in [0, 0.05) is 11.9 Å². The number of amides is 1. The van der Waals surface area contributed by atoms with E-state index in [1.807, 2.05) is 35.4 Å². The number of allylic oxidation sites excluding steroid dienone is 1. The van der Waals surface area contributed by atoms with Crippen LogP contribution in [0.3, 0.4) is 0 Å². The molecule has 1 aromatic heterocycles. The number of hydrogen-bond acceptors (Lipinski definition) is 7. The van der Waals surface area contributed by atoms with E-state index >= 15 is 0 Å². The van der Waals surface area contributed by atoms with Gasteiger partial charge in [-0.15, -0.1) is 0 Å². The highest BCUT2D eigenvalue weighted by molar-refractivity contribution is 8.16. The minimum absolute atomic E-state index is 0.0700. The van der Waals surface area contributed by atoms with Crippen molar-refractivity contribution < 1.29 is 18.7 Å². The number of benzene rings is 1. The molecule has 1 aromatic carbocycles. The van der Waals surface area contributed by atoms with Crippen LogP contribution in [0.1, 0.15) is 37.1 Å². The summed E-state index contributed by atoms with van der Waals surface area (Å²) in [4.78, 5) is 36.2. The molecule has 1 N–H and O–H groups in total. The molecular weight excluding hydrogens is 443 g/mol. The van der Waals surface area contributed by atoms with E-state index < -0.39 is 17.8 Å². The number of pyridine rings is 1. The van der Waals surface area contributed by atoms with Gasteiger partial charge in [0.2, 0.25) is 5.91 Å². The van der Waals surface area contributed by atoms with Gasteiger partial charge in [-0.1, -0.05) is 36.9 Å².